The molecule has 0 radical (unpaired) electrons. The number of carbonyl (C=O) groups excluding carboxylic acids is 1. The van der Waals surface area contributed by atoms with Gasteiger partial charge in [0, 0.05) is 30.9 Å². The lowest BCUT2D eigenvalue weighted by atomic mass is 10.0. The Balaban J connectivity index is 2.24. The largest absolute Gasteiger partial charge is 0.333 e. The molecule has 1 fully saturated rings. The van der Waals surface area contributed by atoms with Gasteiger partial charge < -0.3 is 10.2 Å². The third-order valence-corrected chi connectivity index (χ3v) is 4.07. The lowest BCUT2D eigenvalue weighted by Crippen LogP contribution is -2.58. The summed E-state index contributed by atoms with van der Waals surface area (Å²) in [6, 6.07) is 0.684. The van der Waals surface area contributed by atoms with Crippen LogP contribution in [0.4, 0.5) is 0 Å². The maximum Gasteiger partial charge on any atom is 0.257 e. The quantitative estimate of drug-likeness (QED) is 0.872. The number of hydrogen-bond acceptors (Lipinski definition) is 3. The van der Waals surface area contributed by atoms with Gasteiger partial charge in [0.25, 0.3) is 5.91 Å². The second-order valence-electron chi connectivity index (χ2n) is 5.34. The van der Waals surface area contributed by atoms with Gasteiger partial charge in [0.05, 0.1) is 11.3 Å². The lowest BCUT2D eigenvalue weighted by Gasteiger charge is -2.40. The van der Waals surface area contributed by atoms with Crippen LogP contribution < -0.4 is 5.32 Å². The number of piperazine rings is 1. The fourth-order valence-electron chi connectivity index (χ4n) is 2.76. The molecule has 19 heavy (non-hydrogen) atoms. The number of aryl methyl sites for hydroxylation is 2. The Morgan fingerprint density at radius 1 is 1.37 bits per heavy atom. The molecule has 1 aromatic heterocycles. The summed E-state index contributed by atoms with van der Waals surface area (Å²) in [5.41, 5.74) is 2.41. The van der Waals surface area contributed by atoms with Crippen molar-refractivity contribution in [1.82, 2.24) is 20.4 Å². The van der Waals surface area contributed by atoms with Crippen LogP contribution in [0.5, 0.6) is 0 Å². The lowest BCUT2D eigenvalue weighted by molar-refractivity contribution is 0.0574. The molecule has 5 heteroatoms. The Kier molecular flexibility index (Phi) is 4.24. The first-order valence-corrected chi connectivity index (χ1v) is 7.14. The Labute approximate surface area is 114 Å². The molecule has 2 N–H and O–H groups in total. The number of nitrogens with zero attached hydrogens (tertiary/aromatic N) is 2. The maximum absolute atomic E-state index is 12.8. The molecular formula is C14H24N4O. The minimum absolute atomic E-state index is 0.121. The zero-order valence-electron chi connectivity index (χ0n) is 12.3. The molecule has 1 saturated heterocycles. The van der Waals surface area contributed by atoms with E-state index in [4.69, 9.17) is 0 Å². The van der Waals surface area contributed by atoms with E-state index < -0.39 is 0 Å². The Hall–Kier alpha value is -1.36. The maximum atomic E-state index is 12.8. The minimum Gasteiger partial charge on any atom is -0.333 e. The highest BCUT2D eigenvalue weighted by Gasteiger charge is 2.32. The predicted molar refractivity (Wildman–Crippen MR) is 75.3 cm³/mol. The number of amides is 1. The van der Waals surface area contributed by atoms with E-state index in [-0.39, 0.29) is 11.9 Å². The molecule has 0 aliphatic carbocycles. The number of aromatic nitrogens is 2. The summed E-state index contributed by atoms with van der Waals surface area (Å²) >= 11 is 0. The molecule has 1 aromatic rings. The van der Waals surface area contributed by atoms with Crippen LogP contribution in [-0.2, 0) is 0 Å². The van der Waals surface area contributed by atoms with Gasteiger partial charge in [-0.3, -0.25) is 9.89 Å². The standard InChI is InChI=1S/C14H24N4O/c1-5-11-8-18(12(6-2)7-15-11)14(19)13-9(3)16-17-10(13)4/h11-12,15H,5-8H2,1-4H3,(H,16,17). The van der Waals surface area contributed by atoms with Crippen LogP contribution in [0.15, 0.2) is 0 Å². The van der Waals surface area contributed by atoms with E-state index >= 15 is 0 Å². The topological polar surface area (TPSA) is 61.0 Å². The summed E-state index contributed by atoms with van der Waals surface area (Å²) in [6.45, 7) is 9.76. The van der Waals surface area contributed by atoms with Gasteiger partial charge in [0.15, 0.2) is 0 Å². The minimum atomic E-state index is 0.121. The van der Waals surface area contributed by atoms with Crippen molar-refractivity contribution >= 4 is 5.91 Å². The molecule has 106 valence electrons. The van der Waals surface area contributed by atoms with Crippen molar-refractivity contribution in [3.63, 3.8) is 0 Å². The first-order valence-electron chi connectivity index (χ1n) is 7.14. The van der Waals surface area contributed by atoms with Crippen LogP contribution in [0, 0.1) is 13.8 Å². The monoisotopic (exact) mass is 264 g/mol. The molecule has 5 nitrogen and oxygen atoms in total. The number of carbonyl (C=O) groups is 1. The summed E-state index contributed by atoms with van der Waals surface area (Å²) in [4.78, 5) is 14.8. The van der Waals surface area contributed by atoms with Crippen LogP contribution in [-0.4, -0.2) is 46.2 Å². The number of H-pyrrole nitrogens is 1. The Morgan fingerprint density at radius 2 is 2.11 bits per heavy atom. The fraction of sp³-hybridized carbons (Fsp3) is 0.714. The highest BCUT2D eigenvalue weighted by molar-refractivity contribution is 5.96. The average Bonchev–Trinajstić information content (AvgIpc) is 2.76. The first-order chi connectivity index (χ1) is 9.08. The average molecular weight is 264 g/mol. The zero-order chi connectivity index (χ0) is 14.0. The van der Waals surface area contributed by atoms with Gasteiger partial charge in [-0.05, 0) is 26.7 Å². The van der Waals surface area contributed by atoms with Crippen LogP contribution in [0.25, 0.3) is 0 Å². The van der Waals surface area contributed by atoms with E-state index in [1.165, 1.54) is 0 Å². The number of nitrogens with one attached hydrogen (secondary N) is 2. The van der Waals surface area contributed by atoms with Gasteiger partial charge in [-0.25, -0.2) is 0 Å². The molecular weight excluding hydrogens is 240 g/mol. The second kappa shape index (κ2) is 5.74. The summed E-state index contributed by atoms with van der Waals surface area (Å²) in [5, 5.41) is 10.5. The van der Waals surface area contributed by atoms with Crippen LogP contribution in [0.2, 0.25) is 0 Å². The second-order valence-corrected chi connectivity index (χ2v) is 5.34. The van der Waals surface area contributed by atoms with Crippen LogP contribution >= 0.6 is 0 Å². The van der Waals surface area contributed by atoms with Crippen LogP contribution in [0.3, 0.4) is 0 Å². The SMILES string of the molecule is CCC1CN(C(=O)c2c(C)n[nH]c2C)C(CC)CN1. The Bertz CT molecular complexity index is 435. The van der Waals surface area contributed by atoms with Crippen molar-refractivity contribution in [2.45, 2.75) is 52.6 Å². The van der Waals surface area contributed by atoms with E-state index in [2.05, 4.69) is 29.4 Å². The van der Waals surface area contributed by atoms with Crippen molar-refractivity contribution in [2.75, 3.05) is 13.1 Å². The number of aromatic amines is 1. The van der Waals surface area contributed by atoms with Crippen molar-refractivity contribution in [2.24, 2.45) is 0 Å². The fourth-order valence-corrected chi connectivity index (χ4v) is 2.76. The number of hydrogen-bond donors (Lipinski definition) is 2. The molecule has 1 aliphatic rings. The zero-order valence-corrected chi connectivity index (χ0v) is 12.3. The van der Waals surface area contributed by atoms with Crippen molar-refractivity contribution in [1.29, 1.82) is 0 Å². The first kappa shape index (κ1) is 14.1. The highest BCUT2D eigenvalue weighted by Crippen LogP contribution is 2.19. The molecule has 2 atom stereocenters. The van der Waals surface area contributed by atoms with Crippen molar-refractivity contribution in [3.05, 3.63) is 17.0 Å². The van der Waals surface area contributed by atoms with Crippen molar-refractivity contribution < 1.29 is 4.79 Å². The molecule has 2 heterocycles. The number of rotatable bonds is 3. The molecule has 0 saturated carbocycles. The molecule has 2 unspecified atom stereocenters. The highest BCUT2D eigenvalue weighted by atomic mass is 16.2. The molecule has 0 spiro atoms. The van der Waals surface area contributed by atoms with Gasteiger partial charge in [0.2, 0.25) is 0 Å². The normalized spacial score (nSPS) is 23.7. The van der Waals surface area contributed by atoms with Gasteiger partial charge >= 0.3 is 0 Å². The van der Waals surface area contributed by atoms with Crippen LogP contribution in [0.1, 0.15) is 48.4 Å². The molecule has 2 rings (SSSR count). The predicted octanol–water partition coefficient (Wildman–Crippen LogP) is 1.63. The summed E-state index contributed by atoms with van der Waals surface area (Å²) in [6.07, 6.45) is 2.02. The van der Waals surface area contributed by atoms with Gasteiger partial charge in [0.1, 0.15) is 0 Å². The molecule has 0 aromatic carbocycles. The van der Waals surface area contributed by atoms with E-state index in [9.17, 15) is 4.79 Å². The van der Waals surface area contributed by atoms with E-state index in [0.29, 0.717) is 6.04 Å². The molecule has 1 aliphatic heterocycles. The van der Waals surface area contributed by atoms with E-state index in [0.717, 1.165) is 42.9 Å². The third-order valence-electron chi connectivity index (χ3n) is 4.07. The van der Waals surface area contributed by atoms with E-state index in [1.54, 1.807) is 0 Å². The molecule has 1 amide bonds. The van der Waals surface area contributed by atoms with Crippen molar-refractivity contribution in [3.8, 4) is 0 Å². The summed E-state index contributed by atoms with van der Waals surface area (Å²) in [7, 11) is 0. The summed E-state index contributed by atoms with van der Waals surface area (Å²) in [5.74, 6) is 0.121. The third kappa shape index (κ3) is 2.66. The van der Waals surface area contributed by atoms with Gasteiger partial charge in [-0.2, -0.15) is 5.10 Å². The van der Waals surface area contributed by atoms with Gasteiger partial charge in [-0.1, -0.05) is 13.8 Å². The molecule has 0 bridgehead atoms. The Morgan fingerprint density at radius 3 is 2.63 bits per heavy atom. The smallest absolute Gasteiger partial charge is 0.257 e. The van der Waals surface area contributed by atoms with Gasteiger partial charge in [-0.15, -0.1) is 0 Å². The summed E-state index contributed by atoms with van der Waals surface area (Å²) < 4.78 is 0. The van der Waals surface area contributed by atoms with E-state index in [1.807, 2.05) is 18.7 Å².